The Morgan fingerprint density at radius 3 is 1.52 bits per heavy atom. The third kappa shape index (κ3) is 7.96. The summed E-state index contributed by atoms with van der Waals surface area (Å²) in [6.07, 6.45) is 2.10. The van der Waals surface area contributed by atoms with Gasteiger partial charge in [0.15, 0.2) is 0 Å². The van der Waals surface area contributed by atoms with Gasteiger partial charge in [-0.2, -0.15) is 0 Å². The zero-order chi connectivity index (χ0) is 38.8. The van der Waals surface area contributed by atoms with Gasteiger partial charge >= 0.3 is 11.9 Å². The molecular formula is C49H49N2O5+. The number of quaternary nitrogens is 1. The summed E-state index contributed by atoms with van der Waals surface area (Å²) in [6.45, 7) is 1.08. The fourth-order valence-corrected chi connectivity index (χ4v) is 8.32. The zero-order valence-electron chi connectivity index (χ0n) is 32.5. The van der Waals surface area contributed by atoms with Crippen LogP contribution < -0.4 is 5.32 Å². The topological polar surface area (TPSA) is 81.7 Å². The van der Waals surface area contributed by atoms with Crippen LogP contribution in [0.4, 0.5) is 0 Å². The predicted molar refractivity (Wildman–Crippen MR) is 228 cm³/mol. The van der Waals surface area contributed by atoms with Crippen LogP contribution in [0.1, 0.15) is 43.2 Å². The summed E-state index contributed by atoms with van der Waals surface area (Å²) in [5.41, 5.74) is 2.38. The molecule has 0 saturated carbocycles. The number of nitrogens with one attached hydrogen (secondary N) is 1. The van der Waals surface area contributed by atoms with Gasteiger partial charge < -0.3 is 19.3 Å². The molecule has 0 radical (unpaired) electrons. The van der Waals surface area contributed by atoms with Crippen LogP contribution in [0.3, 0.4) is 0 Å². The Bertz CT molecular complexity index is 2660. The first-order valence-corrected chi connectivity index (χ1v) is 19.8. The summed E-state index contributed by atoms with van der Waals surface area (Å²) in [5.74, 6) is -1.02. The zero-order valence-corrected chi connectivity index (χ0v) is 32.5. The number of likely N-dealkylation sites (N-methyl/N-ethyl adjacent to an activating group) is 1. The summed E-state index contributed by atoms with van der Waals surface area (Å²) in [6, 6.07) is 38.8. The Morgan fingerprint density at radius 2 is 1.02 bits per heavy atom. The van der Waals surface area contributed by atoms with Crippen LogP contribution in [0.25, 0.3) is 64.6 Å². The molecule has 1 atom stereocenters. The van der Waals surface area contributed by atoms with E-state index in [2.05, 4.69) is 136 Å². The molecule has 56 heavy (non-hydrogen) atoms. The monoisotopic (exact) mass is 745 g/mol. The van der Waals surface area contributed by atoms with Crippen molar-refractivity contribution in [3.8, 4) is 0 Å². The lowest BCUT2D eigenvalue weighted by Gasteiger charge is -2.24. The van der Waals surface area contributed by atoms with Crippen molar-refractivity contribution in [2.45, 2.75) is 51.0 Å². The van der Waals surface area contributed by atoms with E-state index < -0.39 is 12.1 Å². The molecule has 0 heterocycles. The first-order valence-electron chi connectivity index (χ1n) is 19.8. The third-order valence-corrected chi connectivity index (χ3v) is 11.1. The molecule has 0 unspecified atom stereocenters. The van der Waals surface area contributed by atoms with Gasteiger partial charge in [0.2, 0.25) is 5.91 Å². The number of benzene rings is 8. The standard InChI is InChI=1S/C49H48N2O5/c1-51(2,3)29-28-50-43(52)30-40(56-45(54)15-7-9-33-17-19-39-23-21-35-11-5-13-37-25-27-42(33)49(39)47(35)37)31-55-44(53)14-6-8-32-16-18-38-22-20-34-10-4-12-36-24-26-41(32)48(38)46(34)36/h4-5,10-13,16-27,40H,6-9,14-15,28-31H2,1-3H3/p+1/t40-/m0/s1. The van der Waals surface area contributed by atoms with Crippen molar-refractivity contribution >= 4 is 82.5 Å². The highest BCUT2D eigenvalue weighted by atomic mass is 16.6. The molecule has 8 aromatic rings. The first kappa shape index (κ1) is 37.1. The minimum Gasteiger partial charge on any atom is -0.462 e. The largest absolute Gasteiger partial charge is 0.462 e. The maximum atomic E-state index is 13.2. The molecule has 7 nitrogen and oxygen atoms in total. The number of aryl methyl sites for hydroxylation is 2. The van der Waals surface area contributed by atoms with Crippen molar-refractivity contribution in [2.24, 2.45) is 0 Å². The fourth-order valence-electron chi connectivity index (χ4n) is 8.32. The van der Waals surface area contributed by atoms with E-state index in [-0.39, 0.29) is 37.7 Å². The second kappa shape index (κ2) is 15.8. The van der Waals surface area contributed by atoms with E-state index in [9.17, 15) is 14.4 Å². The van der Waals surface area contributed by atoms with E-state index in [0.717, 1.165) is 13.0 Å². The molecule has 0 bridgehead atoms. The highest BCUT2D eigenvalue weighted by Gasteiger charge is 2.22. The van der Waals surface area contributed by atoms with Gasteiger partial charge in [0.05, 0.1) is 40.7 Å². The van der Waals surface area contributed by atoms with E-state index in [1.807, 2.05) is 0 Å². The van der Waals surface area contributed by atoms with Gasteiger partial charge in [-0.25, -0.2) is 0 Å². The quantitative estimate of drug-likeness (QED) is 0.0606. The van der Waals surface area contributed by atoms with Gasteiger partial charge in [0.25, 0.3) is 0 Å². The Balaban J connectivity index is 0.878. The van der Waals surface area contributed by atoms with Gasteiger partial charge in [0, 0.05) is 12.8 Å². The number of amides is 1. The molecule has 284 valence electrons. The smallest absolute Gasteiger partial charge is 0.306 e. The molecule has 0 aromatic heterocycles. The molecule has 0 spiro atoms. The van der Waals surface area contributed by atoms with Crippen LogP contribution in [0.2, 0.25) is 0 Å². The van der Waals surface area contributed by atoms with Crippen molar-refractivity contribution < 1.29 is 28.3 Å². The minimum atomic E-state index is -0.873. The number of nitrogens with zero attached hydrogens (tertiary/aromatic N) is 1. The summed E-state index contributed by atoms with van der Waals surface area (Å²) >= 11 is 0. The van der Waals surface area contributed by atoms with Gasteiger partial charge in [-0.15, -0.1) is 0 Å². The Labute approximate surface area is 327 Å². The van der Waals surface area contributed by atoms with Crippen LogP contribution in [-0.4, -0.2) is 69.3 Å². The van der Waals surface area contributed by atoms with Crippen molar-refractivity contribution in [1.82, 2.24) is 5.32 Å². The van der Waals surface area contributed by atoms with E-state index in [1.54, 1.807) is 0 Å². The van der Waals surface area contributed by atoms with Gasteiger partial charge in [-0.05, 0) is 101 Å². The highest BCUT2D eigenvalue weighted by molar-refractivity contribution is 6.24. The lowest BCUT2D eigenvalue weighted by molar-refractivity contribution is -0.869. The van der Waals surface area contributed by atoms with Gasteiger partial charge in [-0.3, -0.25) is 14.4 Å². The normalized spacial score (nSPS) is 12.7. The second-order valence-corrected chi connectivity index (χ2v) is 16.2. The average molecular weight is 746 g/mol. The van der Waals surface area contributed by atoms with E-state index >= 15 is 0 Å². The van der Waals surface area contributed by atoms with Crippen LogP contribution >= 0.6 is 0 Å². The van der Waals surface area contributed by atoms with Gasteiger partial charge in [-0.1, -0.05) is 109 Å². The number of esters is 2. The van der Waals surface area contributed by atoms with Crippen molar-refractivity contribution in [3.63, 3.8) is 0 Å². The molecule has 1 N–H and O–H groups in total. The SMILES string of the molecule is C[N+](C)(C)CCNC(=O)C[C@@H](COC(=O)CCCc1ccc2ccc3cccc4ccc1c2c34)OC(=O)CCCc1ccc2ccc3cccc4ccc1c2c34. The number of hydrogen-bond donors (Lipinski definition) is 1. The van der Waals surface area contributed by atoms with E-state index in [4.69, 9.17) is 9.47 Å². The van der Waals surface area contributed by atoms with Crippen molar-refractivity contribution in [2.75, 3.05) is 40.8 Å². The average Bonchev–Trinajstić information content (AvgIpc) is 3.18. The van der Waals surface area contributed by atoms with E-state index in [1.165, 1.54) is 75.8 Å². The molecule has 7 heteroatoms. The van der Waals surface area contributed by atoms with E-state index in [0.29, 0.717) is 30.3 Å². The lowest BCUT2D eigenvalue weighted by atomic mass is 9.90. The van der Waals surface area contributed by atoms with Crippen LogP contribution in [0.15, 0.2) is 109 Å². The maximum absolute atomic E-state index is 13.2. The summed E-state index contributed by atoms with van der Waals surface area (Å²) in [4.78, 5) is 39.2. The number of hydrogen-bond acceptors (Lipinski definition) is 5. The van der Waals surface area contributed by atoms with Crippen LogP contribution in [-0.2, 0) is 36.7 Å². The Morgan fingerprint density at radius 1 is 0.571 bits per heavy atom. The fraction of sp³-hybridized carbons (Fsp3) is 0.286. The summed E-state index contributed by atoms with van der Waals surface area (Å²) < 4.78 is 12.2. The minimum absolute atomic E-state index is 0.0755. The summed E-state index contributed by atoms with van der Waals surface area (Å²) in [7, 11) is 6.18. The number of carbonyl (C=O) groups excluding carboxylic acids is 3. The van der Waals surface area contributed by atoms with Crippen LogP contribution in [0.5, 0.6) is 0 Å². The molecule has 8 rings (SSSR count). The number of rotatable bonds is 16. The first-order chi connectivity index (χ1) is 27.1. The van der Waals surface area contributed by atoms with Crippen LogP contribution in [0, 0.1) is 0 Å². The third-order valence-electron chi connectivity index (χ3n) is 11.1. The molecular weight excluding hydrogens is 697 g/mol. The molecule has 0 aliphatic rings. The molecule has 0 aliphatic carbocycles. The van der Waals surface area contributed by atoms with Crippen molar-refractivity contribution in [3.05, 3.63) is 120 Å². The lowest BCUT2D eigenvalue weighted by Crippen LogP contribution is -2.42. The number of ether oxygens (including phenoxy) is 2. The molecule has 8 aromatic carbocycles. The van der Waals surface area contributed by atoms with Crippen molar-refractivity contribution in [1.29, 1.82) is 0 Å². The Kier molecular flexibility index (Phi) is 10.4. The second-order valence-electron chi connectivity index (χ2n) is 16.2. The Hall–Kier alpha value is -5.79. The molecule has 0 fully saturated rings. The number of carbonyl (C=O) groups is 3. The molecule has 0 saturated heterocycles. The molecule has 1 amide bonds. The molecule has 0 aliphatic heterocycles. The maximum Gasteiger partial charge on any atom is 0.306 e. The predicted octanol–water partition coefficient (Wildman–Crippen LogP) is 9.49. The van der Waals surface area contributed by atoms with Gasteiger partial charge in [0.1, 0.15) is 12.7 Å². The highest BCUT2D eigenvalue weighted by Crippen LogP contribution is 2.37. The summed E-state index contributed by atoms with van der Waals surface area (Å²) in [5, 5.41) is 17.7.